The second kappa shape index (κ2) is 59.4. The van der Waals surface area contributed by atoms with Crippen molar-refractivity contribution in [3.63, 3.8) is 0 Å². The average molecular weight is 998 g/mol. The molecule has 408 valence electrons. The molecule has 0 aliphatic rings. The number of carbonyl (C=O) groups excluding carboxylic acids is 3. The summed E-state index contributed by atoms with van der Waals surface area (Å²) in [6.45, 7) is 6.37. The molecule has 6 heteroatoms. The Morgan fingerprint density at radius 3 is 0.847 bits per heavy atom. The minimum absolute atomic E-state index is 0.0866. The number of unbranched alkanes of at least 4 members (excludes halogenated alkanes) is 21. The highest BCUT2D eigenvalue weighted by Crippen LogP contribution is 2.14. The van der Waals surface area contributed by atoms with E-state index >= 15 is 0 Å². The third-order valence-electron chi connectivity index (χ3n) is 12.2. The van der Waals surface area contributed by atoms with Crippen LogP contribution in [0, 0.1) is 0 Å². The largest absolute Gasteiger partial charge is 0.462 e. The van der Waals surface area contributed by atoms with Gasteiger partial charge in [-0.25, -0.2) is 0 Å². The smallest absolute Gasteiger partial charge is 0.306 e. The summed E-state index contributed by atoms with van der Waals surface area (Å²) in [5, 5.41) is 0. The molecule has 0 amide bonds. The molecule has 0 aliphatic heterocycles. The van der Waals surface area contributed by atoms with Gasteiger partial charge in [0.15, 0.2) is 6.10 Å². The Labute approximate surface area is 443 Å². The molecule has 0 radical (unpaired) electrons. The summed E-state index contributed by atoms with van der Waals surface area (Å²) in [5.41, 5.74) is 0. The van der Waals surface area contributed by atoms with Crippen LogP contribution in [0.15, 0.2) is 122 Å². The summed E-state index contributed by atoms with van der Waals surface area (Å²) < 4.78 is 16.8. The number of hydrogen-bond acceptors (Lipinski definition) is 6. The second-order valence-corrected chi connectivity index (χ2v) is 19.1. The Bertz CT molecular complexity index is 1520. The fraction of sp³-hybridized carbons (Fsp3) is 0.652. The van der Waals surface area contributed by atoms with E-state index in [4.69, 9.17) is 14.2 Å². The fourth-order valence-electron chi connectivity index (χ4n) is 7.85. The molecule has 6 nitrogen and oxygen atoms in total. The van der Waals surface area contributed by atoms with Crippen LogP contribution in [0.25, 0.3) is 0 Å². The number of esters is 3. The SMILES string of the molecule is CC/C=C\C/C=C\C/C=C\C/C=C\C/C=C\C/C=C\C/C=C\CCCCCCCCCC(=O)OCC(COC(=O)CCCCCCCCCC)OC(=O)CCCCCCCCC/C=C\C/C=C\C/C=C\CC. The molecule has 1 atom stereocenters. The Kier molecular flexibility index (Phi) is 55.9. The fourth-order valence-corrected chi connectivity index (χ4v) is 7.85. The first-order chi connectivity index (χ1) is 35.5. The maximum absolute atomic E-state index is 12.8. The lowest BCUT2D eigenvalue weighted by Crippen LogP contribution is -2.30. The lowest BCUT2D eigenvalue weighted by Gasteiger charge is -2.18. The van der Waals surface area contributed by atoms with Crippen molar-refractivity contribution in [1.82, 2.24) is 0 Å². The molecule has 0 heterocycles. The summed E-state index contributed by atoms with van der Waals surface area (Å²) in [4.78, 5) is 38.0. The molecule has 0 bridgehead atoms. The molecule has 0 aliphatic carbocycles. The van der Waals surface area contributed by atoms with Gasteiger partial charge in [0, 0.05) is 19.3 Å². The van der Waals surface area contributed by atoms with Gasteiger partial charge in [-0.1, -0.05) is 251 Å². The predicted octanol–water partition coefficient (Wildman–Crippen LogP) is 20.0. The third-order valence-corrected chi connectivity index (χ3v) is 12.2. The molecule has 0 rings (SSSR count). The number of carbonyl (C=O) groups is 3. The van der Waals surface area contributed by atoms with Crippen molar-refractivity contribution in [3.8, 4) is 0 Å². The van der Waals surface area contributed by atoms with Crippen molar-refractivity contribution in [2.24, 2.45) is 0 Å². The van der Waals surface area contributed by atoms with Gasteiger partial charge in [-0.3, -0.25) is 14.4 Å². The summed E-state index contributed by atoms with van der Waals surface area (Å²) >= 11 is 0. The predicted molar refractivity (Wildman–Crippen MR) is 311 cm³/mol. The summed E-state index contributed by atoms with van der Waals surface area (Å²) in [7, 11) is 0. The normalized spacial score (nSPS) is 13.0. The van der Waals surface area contributed by atoms with Crippen LogP contribution in [0.5, 0.6) is 0 Å². The molecule has 0 aromatic carbocycles. The molecule has 0 N–H and O–H groups in total. The Balaban J connectivity index is 4.24. The van der Waals surface area contributed by atoms with E-state index in [9.17, 15) is 14.4 Å². The van der Waals surface area contributed by atoms with E-state index in [0.29, 0.717) is 19.3 Å². The molecule has 0 aromatic rings. The van der Waals surface area contributed by atoms with Crippen molar-refractivity contribution in [2.75, 3.05) is 13.2 Å². The van der Waals surface area contributed by atoms with Crippen LogP contribution in [0.4, 0.5) is 0 Å². The maximum atomic E-state index is 12.8. The Hall–Kier alpha value is -4.19. The van der Waals surface area contributed by atoms with Crippen molar-refractivity contribution >= 4 is 17.9 Å². The number of allylic oxidation sites excluding steroid dienone is 20. The molecule has 0 saturated carbocycles. The van der Waals surface area contributed by atoms with E-state index in [2.05, 4.69) is 142 Å². The van der Waals surface area contributed by atoms with Gasteiger partial charge in [-0.05, 0) is 109 Å². The van der Waals surface area contributed by atoms with Crippen LogP contribution in [0.1, 0.15) is 258 Å². The summed E-state index contributed by atoms with van der Waals surface area (Å²) in [6, 6.07) is 0. The van der Waals surface area contributed by atoms with Gasteiger partial charge in [0.2, 0.25) is 0 Å². The van der Waals surface area contributed by atoms with Crippen molar-refractivity contribution in [3.05, 3.63) is 122 Å². The highest BCUT2D eigenvalue weighted by Gasteiger charge is 2.19. The van der Waals surface area contributed by atoms with Crippen LogP contribution in [-0.4, -0.2) is 37.2 Å². The molecular weight excluding hydrogens is 889 g/mol. The quantitative estimate of drug-likeness (QED) is 0.0261. The molecule has 0 fully saturated rings. The van der Waals surface area contributed by atoms with E-state index < -0.39 is 6.10 Å². The van der Waals surface area contributed by atoms with Crippen LogP contribution in [0.2, 0.25) is 0 Å². The van der Waals surface area contributed by atoms with Crippen LogP contribution >= 0.6 is 0 Å². The topological polar surface area (TPSA) is 78.9 Å². The number of hydrogen-bond donors (Lipinski definition) is 0. The van der Waals surface area contributed by atoms with Gasteiger partial charge in [-0.2, -0.15) is 0 Å². The van der Waals surface area contributed by atoms with E-state index in [1.807, 2.05) is 0 Å². The zero-order chi connectivity index (χ0) is 52.2. The highest BCUT2D eigenvalue weighted by molar-refractivity contribution is 5.71. The molecule has 0 aromatic heterocycles. The van der Waals surface area contributed by atoms with E-state index in [1.54, 1.807) is 0 Å². The Morgan fingerprint density at radius 1 is 0.292 bits per heavy atom. The second-order valence-electron chi connectivity index (χ2n) is 19.1. The first-order valence-corrected chi connectivity index (χ1v) is 29.5. The lowest BCUT2D eigenvalue weighted by molar-refractivity contribution is -0.167. The minimum atomic E-state index is -0.788. The lowest BCUT2D eigenvalue weighted by atomic mass is 10.1. The van der Waals surface area contributed by atoms with Crippen LogP contribution in [-0.2, 0) is 28.6 Å². The van der Waals surface area contributed by atoms with E-state index in [-0.39, 0.29) is 31.1 Å². The molecule has 72 heavy (non-hydrogen) atoms. The zero-order valence-corrected chi connectivity index (χ0v) is 46.7. The van der Waals surface area contributed by atoms with Gasteiger partial charge >= 0.3 is 17.9 Å². The highest BCUT2D eigenvalue weighted by atomic mass is 16.6. The maximum Gasteiger partial charge on any atom is 0.306 e. The number of rotatable bonds is 52. The molecular formula is C66H108O6. The zero-order valence-electron chi connectivity index (χ0n) is 46.7. The standard InChI is InChI=1S/C66H108O6/c1-4-7-10-13-16-19-21-23-25-27-28-29-30-31-32-33-34-35-36-37-38-40-41-43-45-47-50-53-56-59-65(68)71-62-63(61-70-64(67)58-55-52-49-18-15-12-9-6-3)72-66(69)60-57-54-51-48-46-44-42-39-26-24-22-20-17-14-11-8-5-2/h7-8,10-11,16-17,19-20,23-26,28-29,31-32,34-35,37-38,63H,4-6,9,12-15,18,21-22,27,30,33,36,39-62H2,1-3H3/b10-7-,11-8-,19-16-,20-17-,25-23-,26-24-,29-28-,32-31-,35-34-,38-37-. The monoisotopic (exact) mass is 997 g/mol. The van der Waals surface area contributed by atoms with Gasteiger partial charge in [-0.15, -0.1) is 0 Å². The van der Waals surface area contributed by atoms with Gasteiger partial charge < -0.3 is 14.2 Å². The summed E-state index contributed by atoms with van der Waals surface area (Å²) in [6.07, 6.45) is 82.1. The molecule has 0 spiro atoms. The van der Waals surface area contributed by atoms with Crippen molar-refractivity contribution in [1.29, 1.82) is 0 Å². The van der Waals surface area contributed by atoms with Crippen molar-refractivity contribution < 1.29 is 28.6 Å². The molecule has 1 unspecified atom stereocenters. The third kappa shape index (κ3) is 56.7. The first-order valence-electron chi connectivity index (χ1n) is 29.5. The van der Waals surface area contributed by atoms with E-state index in [0.717, 1.165) is 135 Å². The van der Waals surface area contributed by atoms with Crippen LogP contribution in [0.3, 0.4) is 0 Å². The first kappa shape index (κ1) is 67.8. The molecule has 0 saturated heterocycles. The minimum Gasteiger partial charge on any atom is -0.462 e. The van der Waals surface area contributed by atoms with E-state index in [1.165, 1.54) is 83.5 Å². The van der Waals surface area contributed by atoms with Crippen molar-refractivity contribution in [2.45, 2.75) is 264 Å². The summed E-state index contributed by atoms with van der Waals surface area (Å²) in [5.74, 6) is -0.914. The van der Waals surface area contributed by atoms with Gasteiger partial charge in [0.05, 0.1) is 0 Å². The number of ether oxygens (including phenoxy) is 3. The van der Waals surface area contributed by atoms with Crippen LogP contribution < -0.4 is 0 Å². The van der Waals surface area contributed by atoms with Gasteiger partial charge in [0.25, 0.3) is 0 Å². The Morgan fingerprint density at radius 2 is 0.542 bits per heavy atom. The van der Waals surface area contributed by atoms with Gasteiger partial charge in [0.1, 0.15) is 13.2 Å². The average Bonchev–Trinajstić information content (AvgIpc) is 3.38.